The molecule has 4 nitrogen and oxygen atoms in total. The van der Waals surface area contributed by atoms with Crippen LogP contribution in [0.2, 0.25) is 5.02 Å². The summed E-state index contributed by atoms with van der Waals surface area (Å²) in [4.78, 5) is 0. The van der Waals surface area contributed by atoms with Crippen molar-refractivity contribution in [2.45, 2.75) is 37.4 Å². The van der Waals surface area contributed by atoms with Gasteiger partial charge in [0, 0.05) is 12.0 Å². The van der Waals surface area contributed by atoms with Gasteiger partial charge in [0.05, 0.1) is 22.6 Å². The molecule has 0 bridgehead atoms. The first-order valence-electron chi connectivity index (χ1n) is 6.94. The molecule has 0 aromatic heterocycles. The third kappa shape index (κ3) is 4.37. The molecule has 1 aromatic carbocycles. The van der Waals surface area contributed by atoms with Gasteiger partial charge in [0.15, 0.2) is 0 Å². The molecule has 0 aliphatic heterocycles. The molecular weight excluding hydrogens is 310 g/mol. The Bertz CT molecular complexity index is 655. The van der Waals surface area contributed by atoms with Crippen LogP contribution in [0.5, 0.6) is 0 Å². The van der Waals surface area contributed by atoms with Gasteiger partial charge in [0.25, 0.3) is 0 Å². The van der Waals surface area contributed by atoms with Crippen molar-refractivity contribution in [3.05, 3.63) is 28.8 Å². The average Bonchev–Trinajstić information content (AvgIpc) is 2.97. The van der Waals surface area contributed by atoms with E-state index in [1.54, 1.807) is 18.2 Å². The van der Waals surface area contributed by atoms with Gasteiger partial charge in [-0.05, 0) is 31.0 Å². The molecule has 0 unspecified atom stereocenters. The van der Waals surface area contributed by atoms with E-state index >= 15 is 0 Å². The van der Waals surface area contributed by atoms with Crippen LogP contribution in [0.3, 0.4) is 0 Å². The molecule has 114 valence electrons. The van der Waals surface area contributed by atoms with Crippen molar-refractivity contribution >= 4 is 27.3 Å². The predicted molar refractivity (Wildman–Crippen MR) is 84.8 cm³/mol. The Morgan fingerprint density at radius 1 is 1.33 bits per heavy atom. The zero-order valence-electron chi connectivity index (χ0n) is 11.6. The second kappa shape index (κ2) is 7.17. The highest BCUT2D eigenvalue weighted by Gasteiger charge is 2.29. The molecule has 2 N–H and O–H groups in total. The Balaban J connectivity index is 2.19. The van der Waals surface area contributed by atoms with Crippen molar-refractivity contribution in [1.82, 2.24) is 0 Å². The van der Waals surface area contributed by atoms with E-state index in [1.807, 2.05) is 0 Å². The molecule has 0 spiro atoms. The highest BCUT2D eigenvalue weighted by atomic mass is 35.5. The maximum absolute atomic E-state index is 12.3. The van der Waals surface area contributed by atoms with Gasteiger partial charge in [-0.15, -0.1) is 0 Å². The van der Waals surface area contributed by atoms with Crippen LogP contribution < -0.4 is 4.72 Å². The van der Waals surface area contributed by atoms with Gasteiger partial charge in [-0.2, -0.15) is 0 Å². The number of hydrogen-bond acceptors (Lipinski definition) is 3. The Kier molecular flexibility index (Phi) is 5.51. The van der Waals surface area contributed by atoms with Crippen molar-refractivity contribution in [2.24, 2.45) is 0 Å². The molecule has 2 rings (SSSR count). The van der Waals surface area contributed by atoms with E-state index in [0.29, 0.717) is 35.5 Å². The van der Waals surface area contributed by atoms with Crippen molar-refractivity contribution in [3.63, 3.8) is 0 Å². The van der Waals surface area contributed by atoms with Crippen molar-refractivity contribution in [2.75, 3.05) is 11.3 Å². The van der Waals surface area contributed by atoms with Crippen molar-refractivity contribution in [3.8, 4) is 11.8 Å². The second-order valence-corrected chi connectivity index (χ2v) is 7.39. The summed E-state index contributed by atoms with van der Waals surface area (Å²) in [7, 11) is -3.40. The summed E-state index contributed by atoms with van der Waals surface area (Å²) in [6, 6.07) is 4.97. The monoisotopic (exact) mass is 327 g/mol. The normalized spacial score (nSPS) is 15.5. The quantitative estimate of drug-likeness (QED) is 0.836. The van der Waals surface area contributed by atoms with Gasteiger partial charge in [-0.1, -0.05) is 36.3 Å². The molecule has 21 heavy (non-hydrogen) atoms. The first-order chi connectivity index (χ1) is 10.0. The minimum Gasteiger partial charge on any atom is -0.395 e. The molecule has 1 fully saturated rings. The number of aliphatic hydroxyl groups is 1. The van der Waals surface area contributed by atoms with Crippen molar-refractivity contribution < 1.29 is 13.5 Å². The van der Waals surface area contributed by atoms with Gasteiger partial charge in [-0.3, -0.25) is 4.72 Å². The van der Waals surface area contributed by atoms with Crippen LogP contribution >= 0.6 is 11.6 Å². The highest BCUT2D eigenvalue weighted by Crippen LogP contribution is 2.29. The van der Waals surface area contributed by atoms with Crippen LogP contribution in [-0.4, -0.2) is 25.4 Å². The summed E-state index contributed by atoms with van der Waals surface area (Å²) in [5.74, 6) is 5.66. The Morgan fingerprint density at radius 3 is 2.71 bits per heavy atom. The van der Waals surface area contributed by atoms with E-state index in [1.165, 1.54) is 0 Å². The fraction of sp³-hybridized carbons (Fsp3) is 0.467. The molecule has 0 amide bonds. The van der Waals surface area contributed by atoms with Gasteiger partial charge in [0.2, 0.25) is 10.0 Å². The maximum atomic E-state index is 12.3. The molecule has 0 saturated heterocycles. The van der Waals surface area contributed by atoms with Crippen LogP contribution in [0.25, 0.3) is 0 Å². The van der Waals surface area contributed by atoms with Crippen LogP contribution in [0, 0.1) is 11.8 Å². The molecule has 6 heteroatoms. The third-order valence-corrected chi connectivity index (χ3v) is 5.61. The largest absolute Gasteiger partial charge is 0.395 e. The first-order valence-corrected chi connectivity index (χ1v) is 8.86. The number of halogens is 1. The Morgan fingerprint density at radius 2 is 2.05 bits per heavy atom. The summed E-state index contributed by atoms with van der Waals surface area (Å²) in [6.45, 7) is 0.00174. The Hall–Kier alpha value is -1.22. The summed E-state index contributed by atoms with van der Waals surface area (Å²) in [5.41, 5.74) is 1.02. The Labute approximate surface area is 130 Å². The van der Waals surface area contributed by atoms with Crippen LogP contribution in [0.15, 0.2) is 18.2 Å². The van der Waals surface area contributed by atoms with Crippen LogP contribution in [-0.2, 0) is 10.0 Å². The lowest BCUT2D eigenvalue weighted by Gasteiger charge is -2.14. The van der Waals surface area contributed by atoms with Crippen LogP contribution in [0.1, 0.15) is 37.7 Å². The van der Waals surface area contributed by atoms with Gasteiger partial charge in [0.1, 0.15) is 0 Å². The molecule has 1 aromatic rings. The lowest BCUT2D eigenvalue weighted by molar-refractivity contribution is 0.305. The number of benzene rings is 1. The van der Waals surface area contributed by atoms with E-state index in [9.17, 15) is 8.42 Å². The van der Waals surface area contributed by atoms with Gasteiger partial charge >= 0.3 is 0 Å². The number of hydrogen-bond donors (Lipinski definition) is 2. The standard InChI is InChI=1S/C15H18ClNO3S/c16-14-9-8-12(5-3-4-10-18)11-15(14)17-21(19,20)13-6-1-2-7-13/h8-9,11,13,17-18H,1-2,4,6-7,10H2. The van der Waals surface area contributed by atoms with E-state index in [-0.39, 0.29) is 11.9 Å². The number of aliphatic hydroxyl groups excluding tert-OH is 1. The van der Waals surface area contributed by atoms with Crippen LogP contribution in [0.4, 0.5) is 5.69 Å². The summed E-state index contributed by atoms with van der Waals surface area (Å²) >= 11 is 6.06. The fourth-order valence-electron chi connectivity index (χ4n) is 2.34. The lowest BCUT2D eigenvalue weighted by Crippen LogP contribution is -2.25. The number of sulfonamides is 1. The second-order valence-electron chi connectivity index (χ2n) is 5.02. The third-order valence-electron chi connectivity index (χ3n) is 3.43. The van der Waals surface area contributed by atoms with E-state index < -0.39 is 10.0 Å². The summed E-state index contributed by atoms with van der Waals surface area (Å²) < 4.78 is 27.2. The van der Waals surface area contributed by atoms with E-state index in [2.05, 4.69) is 16.6 Å². The van der Waals surface area contributed by atoms with E-state index in [0.717, 1.165) is 12.8 Å². The summed E-state index contributed by atoms with van der Waals surface area (Å²) in [6.07, 6.45) is 3.68. The smallest absolute Gasteiger partial charge is 0.235 e. The zero-order valence-corrected chi connectivity index (χ0v) is 13.2. The predicted octanol–water partition coefficient (Wildman–Crippen LogP) is 2.76. The van der Waals surface area contributed by atoms with E-state index in [4.69, 9.17) is 16.7 Å². The maximum Gasteiger partial charge on any atom is 0.235 e. The molecular formula is C15H18ClNO3S. The number of rotatable bonds is 4. The summed E-state index contributed by atoms with van der Waals surface area (Å²) in [5, 5.41) is 8.72. The molecule has 0 atom stereocenters. The molecule has 0 heterocycles. The zero-order chi connectivity index (χ0) is 15.3. The molecule has 1 aliphatic carbocycles. The minimum atomic E-state index is -3.40. The molecule has 1 aliphatic rings. The minimum absolute atomic E-state index is 0.00174. The van der Waals surface area contributed by atoms with Crippen molar-refractivity contribution in [1.29, 1.82) is 0 Å². The lowest BCUT2D eigenvalue weighted by atomic mass is 10.2. The fourth-order valence-corrected chi connectivity index (χ4v) is 4.15. The first kappa shape index (κ1) is 16.2. The number of anilines is 1. The van der Waals surface area contributed by atoms with Gasteiger partial charge in [-0.25, -0.2) is 8.42 Å². The highest BCUT2D eigenvalue weighted by molar-refractivity contribution is 7.93. The average molecular weight is 328 g/mol. The number of nitrogens with one attached hydrogen (secondary N) is 1. The molecule has 1 saturated carbocycles. The SMILES string of the molecule is O=S(=O)(Nc1cc(C#CCCO)ccc1Cl)C1CCCC1. The molecule has 0 radical (unpaired) electrons. The van der Waals surface area contributed by atoms with Gasteiger partial charge < -0.3 is 5.11 Å². The topological polar surface area (TPSA) is 66.4 Å².